The number of esters is 1. The van der Waals surface area contributed by atoms with E-state index in [9.17, 15) is 9.00 Å². The average Bonchev–Trinajstić information content (AvgIpc) is 2.38. The molecular weight excluding hydrogens is 252 g/mol. The highest BCUT2D eigenvalue weighted by molar-refractivity contribution is 7.82. The molecule has 0 amide bonds. The molecule has 1 aromatic rings. The Morgan fingerprint density at radius 3 is 2.50 bits per heavy atom. The van der Waals surface area contributed by atoms with E-state index in [2.05, 4.69) is 4.74 Å². The molecule has 0 radical (unpaired) electrons. The molecule has 0 bridgehead atoms. The highest BCUT2D eigenvalue weighted by Gasteiger charge is 2.18. The molecule has 0 saturated carbocycles. The molecule has 18 heavy (non-hydrogen) atoms. The van der Waals surface area contributed by atoms with Crippen LogP contribution >= 0.6 is 0 Å². The minimum Gasteiger partial charge on any atom is -0.468 e. The summed E-state index contributed by atoms with van der Waals surface area (Å²) in [4.78, 5) is 11.9. The van der Waals surface area contributed by atoms with Gasteiger partial charge in [0.15, 0.2) is 0 Å². The third-order valence-corrected chi connectivity index (χ3v) is 3.82. The number of carbonyl (C=O) groups excluding carboxylic acids is 1. The monoisotopic (exact) mass is 270 g/mol. The summed E-state index contributed by atoms with van der Waals surface area (Å²) in [5, 5.41) is 0. The van der Waals surface area contributed by atoms with Crippen LogP contribution in [-0.2, 0) is 20.5 Å². The first-order chi connectivity index (χ1) is 8.58. The number of nitrogens with two attached hydrogens (primary N) is 1. The van der Waals surface area contributed by atoms with Gasteiger partial charge in [0.1, 0.15) is 17.5 Å². The standard InChI is InChI=1S/C12H18N2O3S/c1-10-3-5-11(6-4-10)18(16)14(8-7-13)9-12(15)17-2/h3-6H,7-9,13H2,1-2H3. The number of ether oxygens (including phenoxy) is 1. The summed E-state index contributed by atoms with van der Waals surface area (Å²) < 4.78 is 18.3. The second kappa shape index (κ2) is 7.25. The van der Waals surface area contributed by atoms with Crippen molar-refractivity contribution in [3.63, 3.8) is 0 Å². The summed E-state index contributed by atoms with van der Waals surface area (Å²) in [6.07, 6.45) is 0. The molecule has 5 nitrogen and oxygen atoms in total. The van der Waals surface area contributed by atoms with E-state index in [1.807, 2.05) is 19.1 Å². The van der Waals surface area contributed by atoms with Gasteiger partial charge in [0.25, 0.3) is 0 Å². The molecule has 1 unspecified atom stereocenters. The first kappa shape index (κ1) is 14.8. The van der Waals surface area contributed by atoms with Crippen LogP contribution in [0.5, 0.6) is 0 Å². The van der Waals surface area contributed by atoms with Gasteiger partial charge in [-0.1, -0.05) is 17.7 Å². The van der Waals surface area contributed by atoms with E-state index in [-0.39, 0.29) is 6.54 Å². The van der Waals surface area contributed by atoms with Crippen LogP contribution in [0.15, 0.2) is 29.2 Å². The van der Waals surface area contributed by atoms with Gasteiger partial charge in [-0.15, -0.1) is 0 Å². The minimum absolute atomic E-state index is 0.0335. The average molecular weight is 270 g/mol. The van der Waals surface area contributed by atoms with Crippen LogP contribution in [-0.4, -0.2) is 41.2 Å². The second-order valence-corrected chi connectivity index (χ2v) is 5.28. The minimum atomic E-state index is -1.40. The molecule has 6 heteroatoms. The van der Waals surface area contributed by atoms with E-state index in [0.29, 0.717) is 18.0 Å². The van der Waals surface area contributed by atoms with Crippen LogP contribution in [0.2, 0.25) is 0 Å². The number of carbonyl (C=O) groups is 1. The Morgan fingerprint density at radius 1 is 1.39 bits per heavy atom. The van der Waals surface area contributed by atoms with E-state index in [1.54, 1.807) is 12.1 Å². The van der Waals surface area contributed by atoms with Crippen molar-refractivity contribution in [3.8, 4) is 0 Å². The normalized spacial score (nSPS) is 12.4. The van der Waals surface area contributed by atoms with Crippen LogP contribution in [0.4, 0.5) is 0 Å². The lowest BCUT2D eigenvalue weighted by molar-refractivity contribution is -0.140. The van der Waals surface area contributed by atoms with Crippen molar-refractivity contribution in [2.75, 3.05) is 26.7 Å². The summed E-state index contributed by atoms with van der Waals surface area (Å²) in [5.74, 6) is -0.427. The molecule has 0 aromatic heterocycles. The fraction of sp³-hybridized carbons (Fsp3) is 0.417. The quantitative estimate of drug-likeness (QED) is 0.762. The molecule has 100 valence electrons. The molecule has 0 fully saturated rings. The molecular formula is C12H18N2O3S. The molecule has 0 aliphatic heterocycles. The molecule has 0 aliphatic rings. The fourth-order valence-electron chi connectivity index (χ4n) is 1.38. The predicted octanol–water partition coefficient (Wildman–Crippen LogP) is 0.451. The molecule has 0 heterocycles. The van der Waals surface area contributed by atoms with Crippen molar-refractivity contribution in [1.82, 2.24) is 4.31 Å². The lowest BCUT2D eigenvalue weighted by Crippen LogP contribution is -2.36. The van der Waals surface area contributed by atoms with Crippen molar-refractivity contribution < 1.29 is 13.7 Å². The van der Waals surface area contributed by atoms with Crippen LogP contribution < -0.4 is 5.73 Å². The van der Waals surface area contributed by atoms with Gasteiger partial charge >= 0.3 is 5.97 Å². The van der Waals surface area contributed by atoms with Crippen molar-refractivity contribution in [3.05, 3.63) is 29.8 Å². The van der Waals surface area contributed by atoms with E-state index in [4.69, 9.17) is 5.73 Å². The molecule has 1 rings (SSSR count). The number of hydrogen-bond donors (Lipinski definition) is 1. The van der Waals surface area contributed by atoms with Gasteiger partial charge in [-0.25, -0.2) is 8.51 Å². The van der Waals surface area contributed by atoms with Gasteiger partial charge in [0.2, 0.25) is 0 Å². The molecule has 2 N–H and O–H groups in total. The number of aryl methyl sites for hydroxylation is 1. The highest BCUT2D eigenvalue weighted by Crippen LogP contribution is 2.11. The van der Waals surface area contributed by atoms with Gasteiger partial charge in [-0.3, -0.25) is 4.79 Å². The molecule has 0 spiro atoms. The summed E-state index contributed by atoms with van der Waals surface area (Å²) >= 11 is 0. The predicted molar refractivity (Wildman–Crippen MR) is 70.2 cm³/mol. The second-order valence-electron chi connectivity index (χ2n) is 3.79. The van der Waals surface area contributed by atoms with Crippen LogP contribution in [0.25, 0.3) is 0 Å². The Hall–Kier alpha value is -1.24. The topological polar surface area (TPSA) is 72.6 Å². The fourth-order valence-corrected chi connectivity index (χ4v) is 2.54. The first-order valence-electron chi connectivity index (χ1n) is 5.59. The molecule has 0 saturated heterocycles. The largest absolute Gasteiger partial charge is 0.468 e. The van der Waals surface area contributed by atoms with Gasteiger partial charge in [-0.05, 0) is 19.1 Å². The summed E-state index contributed by atoms with van der Waals surface area (Å²) in [7, 11) is -0.0957. The summed E-state index contributed by atoms with van der Waals surface area (Å²) in [6, 6.07) is 7.33. The third kappa shape index (κ3) is 4.21. The van der Waals surface area contributed by atoms with Gasteiger partial charge in [-0.2, -0.15) is 0 Å². The maximum Gasteiger partial charge on any atom is 0.320 e. The first-order valence-corrected chi connectivity index (χ1v) is 6.69. The van der Waals surface area contributed by atoms with Crippen molar-refractivity contribution in [2.45, 2.75) is 11.8 Å². The van der Waals surface area contributed by atoms with Gasteiger partial charge in [0, 0.05) is 13.1 Å². The maximum atomic E-state index is 12.3. The summed E-state index contributed by atoms with van der Waals surface area (Å²) in [6.45, 7) is 2.62. The van der Waals surface area contributed by atoms with Crippen LogP contribution in [0, 0.1) is 6.92 Å². The van der Waals surface area contributed by atoms with Gasteiger partial charge < -0.3 is 10.5 Å². The number of hydrogen-bond acceptors (Lipinski definition) is 4. The maximum absolute atomic E-state index is 12.3. The Kier molecular flexibility index (Phi) is 5.97. The van der Waals surface area contributed by atoms with Gasteiger partial charge in [0.05, 0.1) is 12.0 Å². The number of nitrogens with zero attached hydrogens (tertiary/aromatic N) is 1. The van der Waals surface area contributed by atoms with Crippen LogP contribution in [0.3, 0.4) is 0 Å². The smallest absolute Gasteiger partial charge is 0.320 e. The van der Waals surface area contributed by atoms with E-state index >= 15 is 0 Å². The SMILES string of the molecule is COC(=O)CN(CCN)S(=O)c1ccc(C)cc1. The Balaban J connectivity index is 2.81. The van der Waals surface area contributed by atoms with Crippen LogP contribution in [0.1, 0.15) is 5.56 Å². The lowest BCUT2D eigenvalue weighted by Gasteiger charge is -2.19. The molecule has 0 aliphatic carbocycles. The number of benzene rings is 1. The van der Waals surface area contributed by atoms with E-state index < -0.39 is 17.0 Å². The van der Waals surface area contributed by atoms with Crippen molar-refractivity contribution >= 4 is 17.0 Å². The van der Waals surface area contributed by atoms with E-state index in [0.717, 1.165) is 5.56 Å². The Morgan fingerprint density at radius 2 is 2.00 bits per heavy atom. The zero-order valence-corrected chi connectivity index (χ0v) is 11.4. The molecule has 1 atom stereocenters. The lowest BCUT2D eigenvalue weighted by atomic mass is 10.2. The molecule has 1 aromatic carbocycles. The highest BCUT2D eigenvalue weighted by atomic mass is 32.2. The zero-order valence-electron chi connectivity index (χ0n) is 10.6. The van der Waals surface area contributed by atoms with E-state index in [1.165, 1.54) is 11.4 Å². The zero-order chi connectivity index (χ0) is 13.5. The summed E-state index contributed by atoms with van der Waals surface area (Å²) in [5.41, 5.74) is 6.55. The Labute approximate surface area is 110 Å². The number of methoxy groups -OCH3 is 1. The van der Waals surface area contributed by atoms with Crippen molar-refractivity contribution in [2.24, 2.45) is 5.73 Å². The third-order valence-electron chi connectivity index (χ3n) is 2.37. The van der Waals surface area contributed by atoms with Crippen molar-refractivity contribution in [1.29, 1.82) is 0 Å². The Bertz CT molecular complexity index is 420. The number of rotatable bonds is 6.